The second kappa shape index (κ2) is 8.97. The number of piperidine rings is 1. The Morgan fingerprint density at radius 2 is 2.00 bits per heavy atom. The molecule has 198 valence electrons. The van der Waals surface area contributed by atoms with Crippen LogP contribution in [0.25, 0.3) is 10.4 Å². The monoisotopic (exact) mass is 535 g/mol. The van der Waals surface area contributed by atoms with Gasteiger partial charge in [0.25, 0.3) is 5.91 Å². The minimum atomic E-state index is -1.38. The smallest absolute Gasteiger partial charge is 0.350 e. The lowest BCUT2D eigenvalue weighted by molar-refractivity contribution is -0.143. The number of nitrogens with one attached hydrogen (secondary N) is 1. The molecular formula is C28H30FN5O3S. The Balaban J connectivity index is 1.38. The molecule has 1 saturated carbocycles. The number of aromatic nitrogens is 1. The van der Waals surface area contributed by atoms with Crippen LogP contribution in [0.4, 0.5) is 20.9 Å². The molecule has 10 heteroatoms. The standard InChI is InChI=1S/C28H30FN5O3S/c1-32(2)27-30-23(24(38-27)17-7-6-8-18(29)13-17)25(35)34-19-12-11-16(14-19)22(34)15-28(26(36)37)31-20-9-4-5-10-21(20)33(28)3/h4-10,13,16,19,22,31H,11-12,14-15H2,1-3H3,(H,36,37)/t16-,19+,22-,28?/m0/s1. The van der Waals surface area contributed by atoms with Crippen molar-refractivity contribution >= 4 is 39.7 Å². The van der Waals surface area contributed by atoms with Gasteiger partial charge in [0, 0.05) is 39.6 Å². The highest BCUT2D eigenvalue weighted by molar-refractivity contribution is 7.19. The van der Waals surface area contributed by atoms with Crippen molar-refractivity contribution in [2.75, 3.05) is 36.3 Å². The molecular weight excluding hydrogens is 505 g/mol. The fraction of sp³-hybridized carbons (Fsp3) is 0.393. The van der Waals surface area contributed by atoms with Gasteiger partial charge in [-0.25, -0.2) is 14.2 Å². The lowest BCUT2D eigenvalue weighted by Gasteiger charge is -2.42. The number of carbonyl (C=O) groups is 2. The Labute approximate surface area is 224 Å². The molecule has 2 fully saturated rings. The first kappa shape index (κ1) is 24.7. The number of benzene rings is 2. The van der Waals surface area contributed by atoms with Gasteiger partial charge in [0.15, 0.2) is 5.13 Å². The number of carbonyl (C=O) groups excluding carboxylic acids is 1. The molecule has 8 nitrogen and oxygen atoms in total. The van der Waals surface area contributed by atoms with E-state index >= 15 is 0 Å². The van der Waals surface area contributed by atoms with Crippen molar-refractivity contribution in [1.29, 1.82) is 0 Å². The van der Waals surface area contributed by atoms with Gasteiger partial charge < -0.3 is 25.1 Å². The molecule has 3 aromatic rings. The van der Waals surface area contributed by atoms with Gasteiger partial charge in [0.05, 0.1) is 16.3 Å². The van der Waals surface area contributed by atoms with Crippen LogP contribution in [-0.4, -0.2) is 65.8 Å². The summed E-state index contributed by atoms with van der Waals surface area (Å²) in [5, 5.41) is 14.4. The zero-order chi connectivity index (χ0) is 26.8. The highest BCUT2D eigenvalue weighted by Gasteiger charge is 2.56. The molecule has 1 aromatic heterocycles. The first-order valence-electron chi connectivity index (χ1n) is 12.8. The lowest BCUT2D eigenvalue weighted by atomic mass is 9.88. The second-order valence-electron chi connectivity index (χ2n) is 10.7. The van der Waals surface area contributed by atoms with Crippen molar-refractivity contribution in [3.63, 3.8) is 0 Å². The van der Waals surface area contributed by atoms with Crippen molar-refractivity contribution in [1.82, 2.24) is 9.88 Å². The van der Waals surface area contributed by atoms with Gasteiger partial charge in [0.2, 0.25) is 5.66 Å². The minimum absolute atomic E-state index is 0.0299. The van der Waals surface area contributed by atoms with E-state index in [-0.39, 0.29) is 36.1 Å². The van der Waals surface area contributed by atoms with Crippen LogP contribution in [0.3, 0.4) is 0 Å². The number of carboxylic acids is 1. The van der Waals surface area contributed by atoms with E-state index in [4.69, 9.17) is 4.98 Å². The van der Waals surface area contributed by atoms with Gasteiger partial charge >= 0.3 is 5.97 Å². The van der Waals surface area contributed by atoms with Crippen LogP contribution < -0.4 is 15.1 Å². The number of nitrogens with zero attached hydrogens (tertiary/aromatic N) is 4. The fourth-order valence-electron chi connectivity index (χ4n) is 6.42. The van der Waals surface area contributed by atoms with E-state index in [1.165, 1.54) is 23.5 Å². The van der Waals surface area contributed by atoms with Crippen LogP contribution in [0.15, 0.2) is 48.5 Å². The summed E-state index contributed by atoms with van der Waals surface area (Å²) >= 11 is 1.35. The van der Waals surface area contributed by atoms with Crippen molar-refractivity contribution in [3.05, 3.63) is 60.0 Å². The molecule has 0 spiro atoms. The topological polar surface area (TPSA) is 89.0 Å². The summed E-state index contributed by atoms with van der Waals surface area (Å²) in [6.45, 7) is 0. The summed E-state index contributed by atoms with van der Waals surface area (Å²) < 4.78 is 14.1. The van der Waals surface area contributed by atoms with Crippen molar-refractivity contribution in [3.8, 4) is 10.4 Å². The van der Waals surface area contributed by atoms with E-state index in [1.54, 1.807) is 24.1 Å². The first-order chi connectivity index (χ1) is 18.2. The third-order valence-electron chi connectivity index (χ3n) is 8.30. The number of anilines is 3. The predicted molar refractivity (Wildman–Crippen MR) is 146 cm³/mol. The van der Waals surface area contributed by atoms with Gasteiger partial charge in [-0.3, -0.25) is 4.79 Å². The largest absolute Gasteiger partial charge is 0.478 e. The number of likely N-dealkylation sites (N-methyl/N-ethyl adjacent to an activating group) is 1. The van der Waals surface area contributed by atoms with E-state index in [0.717, 1.165) is 30.6 Å². The predicted octanol–water partition coefficient (Wildman–Crippen LogP) is 4.74. The lowest BCUT2D eigenvalue weighted by Crippen LogP contribution is -2.60. The molecule has 1 aliphatic carbocycles. The maximum atomic E-state index is 14.3. The highest BCUT2D eigenvalue weighted by atomic mass is 32.1. The number of fused-ring (bicyclic) bond motifs is 3. The number of amides is 1. The number of carboxylic acid groups (broad SMARTS) is 1. The molecule has 1 amide bonds. The number of rotatable bonds is 6. The summed E-state index contributed by atoms with van der Waals surface area (Å²) in [7, 11) is 5.51. The zero-order valence-electron chi connectivity index (χ0n) is 21.5. The third-order valence-corrected chi connectivity index (χ3v) is 9.57. The first-order valence-corrected chi connectivity index (χ1v) is 13.6. The Morgan fingerprint density at radius 3 is 2.71 bits per heavy atom. The van der Waals surface area contributed by atoms with E-state index in [9.17, 15) is 19.1 Å². The molecule has 4 atom stereocenters. The normalized spacial score (nSPS) is 25.4. The molecule has 2 bridgehead atoms. The van der Waals surface area contributed by atoms with Gasteiger partial charge in [-0.15, -0.1) is 0 Å². The van der Waals surface area contributed by atoms with E-state index in [1.807, 2.05) is 48.2 Å². The van der Waals surface area contributed by atoms with Crippen LogP contribution in [0.5, 0.6) is 0 Å². The molecule has 1 saturated heterocycles. The number of thiazole rings is 1. The van der Waals surface area contributed by atoms with E-state index in [2.05, 4.69) is 5.32 Å². The van der Waals surface area contributed by atoms with Crippen LogP contribution in [0.2, 0.25) is 0 Å². The summed E-state index contributed by atoms with van der Waals surface area (Å²) in [5.74, 6) is -1.36. The zero-order valence-corrected chi connectivity index (χ0v) is 22.3. The van der Waals surface area contributed by atoms with Gasteiger partial charge in [-0.2, -0.15) is 0 Å². The van der Waals surface area contributed by atoms with Crippen LogP contribution >= 0.6 is 11.3 Å². The Morgan fingerprint density at radius 1 is 1.21 bits per heavy atom. The van der Waals surface area contributed by atoms with Gasteiger partial charge in [0.1, 0.15) is 11.5 Å². The molecule has 2 N–H and O–H groups in total. The summed E-state index contributed by atoms with van der Waals surface area (Å²) in [4.78, 5) is 37.9. The molecule has 3 aliphatic rings. The van der Waals surface area contributed by atoms with Crippen LogP contribution in [0, 0.1) is 11.7 Å². The maximum Gasteiger partial charge on any atom is 0.350 e. The molecule has 2 aliphatic heterocycles. The number of hydrogen-bond acceptors (Lipinski definition) is 7. The van der Waals surface area contributed by atoms with Crippen LogP contribution in [0.1, 0.15) is 36.2 Å². The number of hydrogen-bond donors (Lipinski definition) is 2. The van der Waals surface area contributed by atoms with Crippen molar-refractivity contribution in [2.45, 2.75) is 43.4 Å². The molecule has 2 aromatic carbocycles. The summed E-state index contributed by atoms with van der Waals surface area (Å²) in [5.41, 5.74) is 1.11. The number of likely N-dealkylation sites (tertiary alicyclic amines) is 1. The Hall–Kier alpha value is -3.66. The highest BCUT2D eigenvalue weighted by Crippen LogP contribution is 2.49. The minimum Gasteiger partial charge on any atom is -0.478 e. The SMILES string of the molecule is CN(C)c1nc(C(=O)N2[C@@H]3CC[C@@H](C3)[C@@H]2CC2(C(=O)O)Nc3ccccc3N2C)c(-c2cccc(F)c2)s1. The molecule has 6 rings (SSSR count). The number of halogens is 1. The fourth-order valence-corrected chi connectivity index (χ4v) is 7.40. The molecule has 1 unspecified atom stereocenters. The molecule has 0 radical (unpaired) electrons. The average molecular weight is 536 g/mol. The van der Waals surface area contributed by atoms with Crippen molar-refractivity contribution in [2.24, 2.45) is 5.92 Å². The Bertz CT molecular complexity index is 1430. The Kier molecular flexibility index (Phi) is 5.82. The number of aliphatic carboxylic acids is 1. The molecule has 3 heterocycles. The summed E-state index contributed by atoms with van der Waals surface area (Å²) in [6.07, 6.45) is 2.93. The maximum absolute atomic E-state index is 14.3. The van der Waals surface area contributed by atoms with Gasteiger partial charge in [-0.05, 0) is 55.0 Å². The second-order valence-corrected chi connectivity index (χ2v) is 11.6. The summed E-state index contributed by atoms with van der Waals surface area (Å²) in [6, 6.07) is 13.5. The van der Waals surface area contributed by atoms with Crippen molar-refractivity contribution < 1.29 is 19.1 Å². The quantitative estimate of drug-likeness (QED) is 0.471. The average Bonchev–Trinajstić information content (AvgIpc) is 3.66. The van der Waals surface area contributed by atoms with Crippen LogP contribution in [-0.2, 0) is 4.79 Å². The number of para-hydroxylation sites is 2. The molecule has 38 heavy (non-hydrogen) atoms. The third kappa shape index (κ3) is 3.73. The van der Waals surface area contributed by atoms with Gasteiger partial charge in [-0.1, -0.05) is 35.6 Å². The van der Waals surface area contributed by atoms with E-state index in [0.29, 0.717) is 21.3 Å². The van der Waals surface area contributed by atoms with E-state index < -0.39 is 11.6 Å².